The maximum atomic E-state index is 12.2. The molecule has 0 saturated carbocycles. The first kappa shape index (κ1) is 15.6. The van der Waals surface area contributed by atoms with Gasteiger partial charge in [0.1, 0.15) is 0 Å². The second-order valence-corrected chi connectivity index (χ2v) is 7.12. The van der Waals surface area contributed by atoms with E-state index in [1.54, 1.807) is 18.2 Å². The number of hydrogen-bond acceptors (Lipinski definition) is 3. The Labute approximate surface area is 125 Å². The molecule has 21 heavy (non-hydrogen) atoms. The minimum Gasteiger partial charge on any atom is -0.326 e. The van der Waals surface area contributed by atoms with E-state index >= 15 is 0 Å². The molecule has 0 fully saturated rings. The van der Waals surface area contributed by atoms with E-state index in [2.05, 4.69) is 16.1 Å². The molecule has 0 heterocycles. The number of anilines is 2. The summed E-state index contributed by atoms with van der Waals surface area (Å²) in [5.41, 5.74) is 1.89. The van der Waals surface area contributed by atoms with Gasteiger partial charge < -0.3 is 5.32 Å². The highest BCUT2D eigenvalue weighted by atomic mass is 32.2. The van der Waals surface area contributed by atoms with Crippen LogP contribution in [0.2, 0.25) is 0 Å². The molecule has 0 aromatic heterocycles. The second-order valence-electron chi connectivity index (χ2n) is 5.37. The van der Waals surface area contributed by atoms with E-state index in [4.69, 9.17) is 0 Å². The molecular weight excluding hydrogens is 288 g/mol. The van der Waals surface area contributed by atoms with Crippen molar-refractivity contribution in [3.05, 3.63) is 35.9 Å². The van der Waals surface area contributed by atoms with Crippen molar-refractivity contribution in [1.82, 2.24) is 0 Å². The Hall–Kier alpha value is -1.82. The largest absolute Gasteiger partial charge is 0.326 e. The first-order chi connectivity index (χ1) is 9.85. The van der Waals surface area contributed by atoms with Crippen molar-refractivity contribution in [2.75, 3.05) is 16.3 Å². The molecule has 5 nitrogen and oxygen atoms in total. The second kappa shape index (κ2) is 6.30. The summed E-state index contributed by atoms with van der Waals surface area (Å²) in [6, 6.07) is 5.20. The highest BCUT2D eigenvalue weighted by Crippen LogP contribution is 2.24. The monoisotopic (exact) mass is 308 g/mol. The fourth-order valence-corrected chi connectivity index (χ4v) is 2.90. The van der Waals surface area contributed by atoms with Crippen LogP contribution in [0.5, 0.6) is 0 Å². The maximum Gasteiger partial charge on any atom is 0.229 e. The summed E-state index contributed by atoms with van der Waals surface area (Å²) in [7, 11) is -3.34. The number of nitrogens with one attached hydrogen (secondary N) is 2. The Kier molecular flexibility index (Phi) is 4.67. The molecule has 0 bridgehead atoms. The van der Waals surface area contributed by atoms with Crippen molar-refractivity contribution < 1.29 is 13.2 Å². The van der Waals surface area contributed by atoms with Gasteiger partial charge in [-0.3, -0.25) is 9.52 Å². The number of benzene rings is 1. The van der Waals surface area contributed by atoms with Crippen LogP contribution in [0.4, 0.5) is 11.4 Å². The topological polar surface area (TPSA) is 75.3 Å². The lowest BCUT2D eigenvalue weighted by Crippen LogP contribution is -2.23. The molecule has 0 radical (unpaired) electrons. The van der Waals surface area contributed by atoms with E-state index in [0.29, 0.717) is 11.4 Å². The van der Waals surface area contributed by atoms with Gasteiger partial charge in [-0.1, -0.05) is 18.2 Å². The molecule has 6 heteroatoms. The molecule has 1 aliphatic rings. The van der Waals surface area contributed by atoms with E-state index in [1.165, 1.54) is 0 Å². The number of rotatable bonds is 4. The van der Waals surface area contributed by atoms with Gasteiger partial charge >= 0.3 is 0 Å². The number of carbonyl (C=O) groups is 1. The normalized spacial score (nSPS) is 18.3. The SMILES string of the molecule is Cc1ccc(NC(=O)C2CC=CCC2)cc1NS(C)(=O)=O. The van der Waals surface area contributed by atoms with Crippen molar-refractivity contribution in [2.45, 2.75) is 26.2 Å². The molecule has 1 atom stereocenters. The summed E-state index contributed by atoms with van der Waals surface area (Å²) < 4.78 is 25.1. The van der Waals surface area contributed by atoms with Gasteiger partial charge in [-0.05, 0) is 43.9 Å². The number of hydrogen-bond donors (Lipinski definition) is 2. The molecule has 2 N–H and O–H groups in total. The number of aryl methyl sites for hydroxylation is 1. The summed E-state index contributed by atoms with van der Waals surface area (Å²) >= 11 is 0. The van der Waals surface area contributed by atoms with Crippen LogP contribution in [-0.2, 0) is 14.8 Å². The standard InChI is InChI=1S/C15H20N2O3S/c1-11-8-9-13(10-14(11)17-21(2,19)20)16-15(18)12-6-4-3-5-7-12/h3-4,8-10,12,17H,5-7H2,1-2H3,(H,16,18). The van der Waals surface area contributed by atoms with Crippen LogP contribution in [-0.4, -0.2) is 20.6 Å². The van der Waals surface area contributed by atoms with Crippen LogP contribution in [0, 0.1) is 12.8 Å². The Morgan fingerprint density at radius 1 is 1.29 bits per heavy atom. The molecular formula is C15H20N2O3S. The van der Waals surface area contributed by atoms with Crippen LogP contribution in [0.15, 0.2) is 30.4 Å². The highest BCUT2D eigenvalue weighted by molar-refractivity contribution is 7.92. The number of allylic oxidation sites excluding steroid dienone is 2. The lowest BCUT2D eigenvalue weighted by molar-refractivity contribution is -0.120. The third-order valence-corrected chi connectivity index (χ3v) is 4.03. The van der Waals surface area contributed by atoms with E-state index in [-0.39, 0.29) is 11.8 Å². The van der Waals surface area contributed by atoms with Crippen LogP contribution < -0.4 is 10.0 Å². The molecule has 0 spiro atoms. The van der Waals surface area contributed by atoms with Gasteiger partial charge in [-0.25, -0.2) is 8.42 Å². The predicted molar refractivity (Wildman–Crippen MR) is 84.8 cm³/mol. The van der Waals surface area contributed by atoms with E-state index < -0.39 is 10.0 Å². The molecule has 114 valence electrons. The molecule has 1 unspecified atom stereocenters. The van der Waals surface area contributed by atoms with Crippen molar-refractivity contribution >= 4 is 27.3 Å². The summed E-state index contributed by atoms with van der Waals surface area (Å²) in [5.74, 6) is -0.0314. The zero-order valence-electron chi connectivity index (χ0n) is 12.2. The first-order valence-electron chi connectivity index (χ1n) is 6.89. The zero-order chi connectivity index (χ0) is 15.5. The lowest BCUT2D eigenvalue weighted by atomic mass is 9.93. The fraction of sp³-hybridized carbons (Fsp3) is 0.400. The summed E-state index contributed by atoms with van der Waals surface area (Å²) in [5, 5.41) is 2.86. The van der Waals surface area contributed by atoms with Crippen molar-refractivity contribution in [1.29, 1.82) is 0 Å². The Balaban J connectivity index is 2.11. The fourth-order valence-electron chi connectivity index (χ4n) is 2.29. The van der Waals surface area contributed by atoms with Gasteiger partial charge in [0, 0.05) is 11.6 Å². The first-order valence-corrected chi connectivity index (χ1v) is 8.78. The highest BCUT2D eigenvalue weighted by Gasteiger charge is 2.19. The Bertz CT molecular complexity index is 665. The van der Waals surface area contributed by atoms with Gasteiger partial charge in [0.2, 0.25) is 15.9 Å². The molecule has 0 aliphatic heterocycles. The molecule has 1 aromatic carbocycles. The van der Waals surface area contributed by atoms with Crippen LogP contribution in [0.25, 0.3) is 0 Å². The smallest absolute Gasteiger partial charge is 0.229 e. The average Bonchev–Trinajstić information content (AvgIpc) is 2.42. The van der Waals surface area contributed by atoms with E-state index in [1.807, 2.05) is 13.0 Å². The molecule has 1 aliphatic carbocycles. The van der Waals surface area contributed by atoms with E-state index in [9.17, 15) is 13.2 Å². The summed E-state index contributed by atoms with van der Waals surface area (Å²) in [6.45, 7) is 1.81. The molecule has 2 rings (SSSR count). The summed E-state index contributed by atoms with van der Waals surface area (Å²) in [4.78, 5) is 12.2. The van der Waals surface area contributed by atoms with Gasteiger partial charge in [-0.2, -0.15) is 0 Å². The van der Waals surface area contributed by atoms with Crippen LogP contribution in [0.1, 0.15) is 24.8 Å². The van der Waals surface area contributed by atoms with E-state index in [0.717, 1.165) is 31.1 Å². The van der Waals surface area contributed by atoms with Crippen molar-refractivity contribution in [2.24, 2.45) is 5.92 Å². The molecule has 0 saturated heterocycles. The van der Waals surface area contributed by atoms with Gasteiger partial charge in [-0.15, -0.1) is 0 Å². The number of amides is 1. The van der Waals surface area contributed by atoms with Crippen LogP contribution in [0.3, 0.4) is 0 Å². The van der Waals surface area contributed by atoms with Crippen molar-refractivity contribution in [3.63, 3.8) is 0 Å². The zero-order valence-corrected chi connectivity index (χ0v) is 13.0. The average molecular weight is 308 g/mol. The van der Waals surface area contributed by atoms with Crippen LogP contribution >= 0.6 is 0 Å². The Morgan fingerprint density at radius 3 is 2.67 bits per heavy atom. The number of carbonyl (C=O) groups excluding carboxylic acids is 1. The van der Waals surface area contributed by atoms with Gasteiger partial charge in [0.25, 0.3) is 0 Å². The minimum atomic E-state index is -3.34. The lowest BCUT2D eigenvalue weighted by Gasteiger charge is -2.18. The summed E-state index contributed by atoms with van der Waals surface area (Å²) in [6.07, 6.45) is 7.75. The quantitative estimate of drug-likeness (QED) is 0.840. The third-order valence-electron chi connectivity index (χ3n) is 3.44. The predicted octanol–water partition coefficient (Wildman–Crippen LogP) is 2.66. The van der Waals surface area contributed by atoms with Gasteiger partial charge in [0.15, 0.2) is 0 Å². The number of sulfonamides is 1. The van der Waals surface area contributed by atoms with Crippen molar-refractivity contribution in [3.8, 4) is 0 Å². The van der Waals surface area contributed by atoms with Gasteiger partial charge in [0.05, 0.1) is 11.9 Å². The molecule has 1 aromatic rings. The minimum absolute atomic E-state index is 0.0115. The Morgan fingerprint density at radius 2 is 2.05 bits per heavy atom. The third kappa shape index (κ3) is 4.60. The maximum absolute atomic E-state index is 12.2. The molecule has 1 amide bonds.